The van der Waals surface area contributed by atoms with E-state index in [2.05, 4.69) is 0 Å². The summed E-state index contributed by atoms with van der Waals surface area (Å²) in [5.74, 6) is 0.583. The maximum atomic E-state index is 11.5. The number of benzene rings is 2. The van der Waals surface area contributed by atoms with E-state index >= 15 is 0 Å². The van der Waals surface area contributed by atoms with Crippen molar-refractivity contribution in [2.75, 3.05) is 6.26 Å². The zero-order valence-electron chi connectivity index (χ0n) is 11.2. The van der Waals surface area contributed by atoms with Crippen molar-refractivity contribution in [3.63, 3.8) is 0 Å². The number of rotatable bonds is 5. The van der Waals surface area contributed by atoms with E-state index in [-0.39, 0.29) is 10.6 Å². The Labute approximate surface area is 127 Å². The minimum Gasteiger partial charge on any atom is -0.258 e. The van der Waals surface area contributed by atoms with Gasteiger partial charge in [-0.1, -0.05) is 30.3 Å². The molecule has 0 aromatic heterocycles. The number of hydrogen-bond acceptors (Lipinski definition) is 5. The van der Waals surface area contributed by atoms with Crippen molar-refractivity contribution in [1.82, 2.24) is 0 Å². The van der Waals surface area contributed by atoms with Crippen molar-refractivity contribution in [3.05, 3.63) is 64.2 Å². The molecule has 5 nitrogen and oxygen atoms in total. The van der Waals surface area contributed by atoms with Gasteiger partial charge in [-0.05, 0) is 17.7 Å². The van der Waals surface area contributed by atoms with Crippen LogP contribution >= 0.6 is 11.8 Å². The molecular weight excluding hydrogens is 310 g/mol. The molecule has 0 radical (unpaired) electrons. The van der Waals surface area contributed by atoms with Crippen LogP contribution in [0.25, 0.3) is 0 Å². The van der Waals surface area contributed by atoms with Gasteiger partial charge in [-0.2, -0.15) is 0 Å². The molecule has 2 aromatic carbocycles. The highest BCUT2D eigenvalue weighted by Gasteiger charge is 2.18. The molecule has 0 amide bonds. The lowest BCUT2D eigenvalue weighted by atomic mass is 10.2. The molecular formula is C14H13NO4S2. The Bertz CT molecular complexity index is 758. The quantitative estimate of drug-likeness (QED) is 0.479. The van der Waals surface area contributed by atoms with Crippen molar-refractivity contribution in [2.24, 2.45) is 0 Å². The predicted octanol–water partition coefficient (Wildman–Crippen LogP) is 3.29. The van der Waals surface area contributed by atoms with Gasteiger partial charge in [0.1, 0.15) is 0 Å². The molecule has 0 bridgehead atoms. The van der Waals surface area contributed by atoms with Gasteiger partial charge in [-0.3, -0.25) is 10.1 Å². The van der Waals surface area contributed by atoms with Gasteiger partial charge >= 0.3 is 0 Å². The third-order valence-corrected chi connectivity index (χ3v) is 5.04. The van der Waals surface area contributed by atoms with E-state index < -0.39 is 14.8 Å². The van der Waals surface area contributed by atoms with Crippen molar-refractivity contribution in [3.8, 4) is 0 Å². The van der Waals surface area contributed by atoms with Gasteiger partial charge in [-0.25, -0.2) is 8.42 Å². The summed E-state index contributed by atoms with van der Waals surface area (Å²) in [4.78, 5) is 11.0. The van der Waals surface area contributed by atoms with Gasteiger partial charge in [0.25, 0.3) is 5.69 Å². The monoisotopic (exact) mass is 323 g/mol. The molecule has 0 atom stereocenters. The number of nitrogens with zero attached hydrogens (tertiary/aromatic N) is 1. The zero-order valence-corrected chi connectivity index (χ0v) is 12.9. The minimum atomic E-state index is -3.46. The van der Waals surface area contributed by atoms with Crippen molar-refractivity contribution < 1.29 is 13.3 Å². The first kappa shape index (κ1) is 15.5. The molecule has 0 aliphatic carbocycles. The fourth-order valence-electron chi connectivity index (χ4n) is 1.73. The number of thioether (sulfide) groups is 1. The van der Waals surface area contributed by atoms with E-state index in [4.69, 9.17) is 0 Å². The summed E-state index contributed by atoms with van der Waals surface area (Å²) in [6, 6.07) is 13.6. The molecule has 110 valence electrons. The number of sulfone groups is 1. The smallest absolute Gasteiger partial charge is 0.258 e. The fourth-order valence-corrected chi connectivity index (χ4v) is 3.33. The van der Waals surface area contributed by atoms with Crippen molar-refractivity contribution in [2.45, 2.75) is 15.5 Å². The summed E-state index contributed by atoms with van der Waals surface area (Å²) in [5.41, 5.74) is 0.864. The van der Waals surface area contributed by atoms with E-state index in [1.54, 1.807) is 0 Å². The van der Waals surface area contributed by atoms with Gasteiger partial charge in [0, 0.05) is 18.1 Å². The molecule has 0 N–H and O–H groups in total. The summed E-state index contributed by atoms with van der Waals surface area (Å²) >= 11 is 1.31. The Hall–Kier alpha value is -1.86. The Morgan fingerprint density at radius 1 is 1.14 bits per heavy atom. The molecule has 0 aliphatic heterocycles. The van der Waals surface area contributed by atoms with Gasteiger partial charge in [0.05, 0.1) is 14.7 Å². The van der Waals surface area contributed by atoms with Crippen LogP contribution in [0.15, 0.2) is 58.3 Å². The highest BCUT2D eigenvalue weighted by molar-refractivity contribution is 7.98. The van der Waals surface area contributed by atoms with Crippen LogP contribution < -0.4 is 0 Å². The molecule has 2 rings (SSSR count). The summed E-state index contributed by atoms with van der Waals surface area (Å²) < 4.78 is 22.9. The number of nitro benzene ring substituents is 1. The molecule has 2 aromatic rings. The van der Waals surface area contributed by atoms with Crippen LogP contribution in [-0.2, 0) is 15.6 Å². The molecule has 0 fully saturated rings. The van der Waals surface area contributed by atoms with E-state index in [0.29, 0.717) is 10.6 Å². The first-order valence-corrected chi connectivity index (χ1v) is 8.91. The SMILES string of the molecule is CS(=O)(=O)c1ccc(SCc2ccccc2)c([N+](=O)[O-])c1. The summed E-state index contributed by atoms with van der Waals surface area (Å²) in [7, 11) is -3.46. The average molecular weight is 323 g/mol. The normalized spacial score (nSPS) is 11.3. The third-order valence-electron chi connectivity index (χ3n) is 2.79. The highest BCUT2D eigenvalue weighted by atomic mass is 32.2. The second-order valence-electron chi connectivity index (χ2n) is 4.43. The molecule has 0 spiro atoms. The Morgan fingerprint density at radius 3 is 2.38 bits per heavy atom. The lowest BCUT2D eigenvalue weighted by Crippen LogP contribution is -1.99. The van der Waals surface area contributed by atoms with Crippen LogP contribution in [0.4, 0.5) is 5.69 Å². The van der Waals surface area contributed by atoms with Crippen LogP contribution in [0.3, 0.4) is 0 Å². The molecule has 0 aliphatic rings. The largest absolute Gasteiger partial charge is 0.284 e. The fraction of sp³-hybridized carbons (Fsp3) is 0.143. The third kappa shape index (κ3) is 4.05. The van der Waals surface area contributed by atoms with Crippen molar-refractivity contribution in [1.29, 1.82) is 0 Å². The molecule has 21 heavy (non-hydrogen) atoms. The van der Waals surface area contributed by atoms with E-state index in [9.17, 15) is 18.5 Å². The second kappa shape index (κ2) is 6.28. The lowest BCUT2D eigenvalue weighted by molar-refractivity contribution is -0.388. The van der Waals surface area contributed by atoms with E-state index in [0.717, 1.165) is 17.9 Å². The molecule has 0 saturated carbocycles. The number of nitro groups is 1. The molecule has 0 heterocycles. The Morgan fingerprint density at radius 2 is 1.81 bits per heavy atom. The molecule has 0 saturated heterocycles. The van der Waals surface area contributed by atoms with Crippen LogP contribution in [0.1, 0.15) is 5.56 Å². The van der Waals surface area contributed by atoms with Crippen molar-refractivity contribution >= 4 is 27.3 Å². The summed E-state index contributed by atoms with van der Waals surface area (Å²) in [6.45, 7) is 0. The van der Waals surface area contributed by atoms with E-state index in [1.165, 1.54) is 23.9 Å². The topological polar surface area (TPSA) is 77.3 Å². The van der Waals surface area contributed by atoms with Crippen LogP contribution in [-0.4, -0.2) is 19.6 Å². The highest BCUT2D eigenvalue weighted by Crippen LogP contribution is 2.33. The van der Waals surface area contributed by atoms with Crippen LogP contribution in [0, 0.1) is 10.1 Å². The zero-order chi connectivity index (χ0) is 15.5. The van der Waals surface area contributed by atoms with Gasteiger partial charge in [0.15, 0.2) is 9.84 Å². The minimum absolute atomic E-state index is 0.0433. The molecule has 0 unspecified atom stereocenters. The lowest BCUT2D eigenvalue weighted by Gasteiger charge is -2.05. The Kier molecular flexibility index (Phi) is 4.64. The van der Waals surface area contributed by atoms with Gasteiger partial charge < -0.3 is 0 Å². The van der Waals surface area contributed by atoms with Gasteiger partial charge in [-0.15, -0.1) is 11.8 Å². The molecule has 7 heteroatoms. The maximum absolute atomic E-state index is 11.5. The Balaban J connectivity index is 2.29. The number of hydrogen-bond donors (Lipinski definition) is 0. The predicted molar refractivity (Wildman–Crippen MR) is 82.2 cm³/mol. The first-order valence-electron chi connectivity index (χ1n) is 6.03. The van der Waals surface area contributed by atoms with Crippen LogP contribution in [0.5, 0.6) is 0 Å². The maximum Gasteiger partial charge on any atom is 0.284 e. The summed E-state index contributed by atoms with van der Waals surface area (Å²) in [6.07, 6.45) is 1.03. The van der Waals surface area contributed by atoms with Crippen LogP contribution in [0.2, 0.25) is 0 Å². The summed E-state index contributed by atoms with van der Waals surface area (Å²) in [5, 5.41) is 11.1. The average Bonchev–Trinajstić information content (AvgIpc) is 2.45. The second-order valence-corrected chi connectivity index (χ2v) is 7.47. The van der Waals surface area contributed by atoms with Gasteiger partial charge in [0.2, 0.25) is 0 Å². The standard InChI is InChI=1S/C14H13NO4S2/c1-21(18,19)12-7-8-14(13(9-12)15(16)17)20-10-11-5-3-2-4-6-11/h2-9H,10H2,1H3. The van der Waals surface area contributed by atoms with E-state index in [1.807, 2.05) is 30.3 Å². The first-order chi connectivity index (χ1) is 9.88.